The summed E-state index contributed by atoms with van der Waals surface area (Å²) in [6, 6.07) is 15.6. The molecule has 9 nitrogen and oxygen atoms in total. The predicted octanol–water partition coefficient (Wildman–Crippen LogP) is 1.75. The topological polar surface area (TPSA) is 158 Å². The van der Waals surface area contributed by atoms with Crippen molar-refractivity contribution in [3.05, 3.63) is 71.8 Å². The molecule has 0 saturated carbocycles. The van der Waals surface area contributed by atoms with Gasteiger partial charge in [-0.15, -0.1) is 0 Å². The van der Waals surface area contributed by atoms with Crippen molar-refractivity contribution in [2.24, 2.45) is 5.73 Å². The van der Waals surface area contributed by atoms with Gasteiger partial charge in [0.1, 0.15) is 0 Å². The van der Waals surface area contributed by atoms with Crippen LogP contribution in [0.4, 0.5) is 0 Å². The molecule has 2 aromatic rings. The fourth-order valence-electron chi connectivity index (χ4n) is 3.51. The number of nitrogens with zero attached hydrogens (tertiary/aromatic N) is 1. The van der Waals surface area contributed by atoms with Crippen LogP contribution in [-0.2, 0) is 32.1 Å². The van der Waals surface area contributed by atoms with Gasteiger partial charge >= 0.3 is 17.9 Å². The minimum absolute atomic E-state index is 0.202. The number of nitrogens with two attached hydrogens (primary N) is 1. The molecule has 0 unspecified atom stereocenters. The Morgan fingerprint density at radius 2 is 1.38 bits per heavy atom. The Balaban J connectivity index is 2.57. The lowest BCUT2D eigenvalue weighted by Crippen LogP contribution is -2.62. The van der Waals surface area contributed by atoms with E-state index in [0.29, 0.717) is 11.1 Å². The van der Waals surface area contributed by atoms with Crippen LogP contribution in [0.2, 0.25) is 0 Å². The van der Waals surface area contributed by atoms with Crippen LogP contribution < -0.4 is 5.73 Å². The molecule has 0 fully saturated rings. The van der Waals surface area contributed by atoms with Crippen LogP contribution in [-0.4, -0.2) is 55.6 Å². The van der Waals surface area contributed by atoms with E-state index in [1.54, 1.807) is 60.7 Å². The Hall–Kier alpha value is -3.72. The van der Waals surface area contributed by atoms with Crippen molar-refractivity contribution in [1.82, 2.24) is 4.90 Å². The number of aliphatic carboxylic acids is 3. The first-order valence-electron chi connectivity index (χ1n) is 9.97. The molecular weight excluding hydrogens is 416 g/mol. The molecule has 0 aliphatic carbocycles. The number of rotatable bonds is 12. The number of hydrogen-bond donors (Lipinski definition) is 4. The number of carbonyl (C=O) groups excluding carboxylic acids is 1. The van der Waals surface area contributed by atoms with Gasteiger partial charge in [-0.25, -0.2) is 4.79 Å². The molecule has 170 valence electrons. The molecule has 2 atom stereocenters. The Bertz CT molecular complexity index is 949. The van der Waals surface area contributed by atoms with Crippen LogP contribution in [0.1, 0.15) is 30.4 Å². The standard InChI is InChI=1S/C23H26N2O7/c24-18(11-12-19(26)27)21(30)25(15-17-9-5-2-6-10-17)23(22(31)32,14-20(28)29)13-16-7-3-1-4-8-16/h1-10,18H,11-15,24H2,(H,26,27)(H,28,29)(H,31,32)/t18-,23-/m0/s1. The highest BCUT2D eigenvalue weighted by molar-refractivity contribution is 5.93. The minimum Gasteiger partial charge on any atom is -0.481 e. The van der Waals surface area contributed by atoms with Crippen molar-refractivity contribution in [2.75, 3.05) is 0 Å². The van der Waals surface area contributed by atoms with Gasteiger partial charge in [0.25, 0.3) is 0 Å². The van der Waals surface area contributed by atoms with Gasteiger partial charge in [-0.3, -0.25) is 14.4 Å². The normalized spacial score (nSPS) is 13.5. The maximum atomic E-state index is 13.3. The van der Waals surface area contributed by atoms with E-state index in [-0.39, 0.29) is 25.8 Å². The summed E-state index contributed by atoms with van der Waals surface area (Å²) in [5, 5.41) is 28.7. The molecule has 2 aromatic carbocycles. The van der Waals surface area contributed by atoms with Gasteiger partial charge < -0.3 is 26.0 Å². The van der Waals surface area contributed by atoms with Crippen LogP contribution in [0.25, 0.3) is 0 Å². The van der Waals surface area contributed by atoms with E-state index < -0.39 is 41.8 Å². The zero-order valence-corrected chi connectivity index (χ0v) is 17.4. The van der Waals surface area contributed by atoms with Gasteiger partial charge in [0.15, 0.2) is 5.54 Å². The number of carboxylic acids is 3. The first-order valence-corrected chi connectivity index (χ1v) is 9.97. The average molecular weight is 442 g/mol. The summed E-state index contributed by atoms with van der Waals surface area (Å²) in [6.07, 6.45) is -1.72. The maximum absolute atomic E-state index is 13.3. The highest BCUT2D eigenvalue weighted by Gasteiger charge is 2.49. The fraction of sp³-hybridized carbons (Fsp3) is 0.304. The van der Waals surface area contributed by atoms with Gasteiger partial charge in [-0.1, -0.05) is 60.7 Å². The first kappa shape index (κ1) is 24.5. The second kappa shape index (κ2) is 11.1. The summed E-state index contributed by atoms with van der Waals surface area (Å²) >= 11 is 0. The number of carbonyl (C=O) groups is 4. The van der Waals surface area contributed by atoms with Gasteiger partial charge in [0, 0.05) is 19.4 Å². The lowest BCUT2D eigenvalue weighted by atomic mass is 9.84. The molecule has 0 aromatic heterocycles. The van der Waals surface area contributed by atoms with Crippen LogP contribution in [0.15, 0.2) is 60.7 Å². The molecule has 0 spiro atoms. The van der Waals surface area contributed by atoms with E-state index in [0.717, 1.165) is 4.90 Å². The lowest BCUT2D eigenvalue weighted by molar-refractivity contribution is -0.165. The van der Waals surface area contributed by atoms with Crippen molar-refractivity contribution in [1.29, 1.82) is 0 Å². The monoisotopic (exact) mass is 442 g/mol. The molecule has 0 saturated heterocycles. The molecular formula is C23H26N2O7. The molecule has 32 heavy (non-hydrogen) atoms. The number of benzene rings is 2. The van der Waals surface area contributed by atoms with E-state index in [4.69, 9.17) is 10.8 Å². The second-order valence-electron chi connectivity index (χ2n) is 7.52. The smallest absolute Gasteiger partial charge is 0.330 e. The quantitative estimate of drug-likeness (QED) is 0.387. The summed E-state index contributed by atoms with van der Waals surface area (Å²) in [5.74, 6) is -4.86. The highest BCUT2D eigenvalue weighted by Crippen LogP contribution is 2.29. The Morgan fingerprint density at radius 1 is 0.844 bits per heavy atom. The summed E-state index contributed by atoms with van der Waals surface area (Å²) in [5.41, 5.74) is 4.92. The highest BCUT2D eigenvalue weighted by atomic mass is 16.4. The average Bonchev–Trinajstić information content (AvgIpc) is 2.75. The molecule has 0 aliphatic rings. The zero-order valence-electron chi connectivity index (χ0n) is 17.4. The molecule has 5 N–H and O–H groups in total. The third-order valence-electron chi connectivity index (χ3n) is 5.13. The molecule has 0 radical (unpaired) electrons. The summed E-state index contributed by atoms with van der Waals surface area (Å²) < 4.78 is 0. The Labute approximate surface area is 185 Å². The van der Waals surface area contributed by atoms with Crippen LogP contribution in [0.3, 0.4) is 0 Å². The minimum atomic E-state index is -2.14. The third kappa shape index (κ3) is 6.39. The van der Waals surface area contributed by atoms with Crippen LogP contribution >= 0.6 is 0 Å². The van der Waals surface area contributed by atoms with Crippen LogP contribution in [0.5, 0.6) is 0 Å². The third-order valence-corrected chi connectivity index (χ3v) is 5.13. The summed E-state index contributed by atoms with van der Waals surface area (Å²) in [7, 11) is 0. The van der Waals surface area contributed by atoms with E-state index >= 15 is 0 Å². The van der Waals surface area contributed by atoms with E-state index in [1.165, 1.54) is 0 Å². The molecule has 0 bridgehead atoms. The van der Waals surface area contributed by atoms with Gasteiger partial charge in [0.05, 0.1) is 12.5 Å². The van der Waals surface area contributed by atoms with E-state index in [2.05, 4.69) is 0 Å². The Morgan fingerprint density at radius 3 is 1.84 bits per heavy atom. The first-order chi connectivity index (χ1) is 15.2. The SMILES string of the molecule is N[C@@H](CCC(=O)O)C(=O)N(Cc1ccccc1)[C@](CC(=O)O)(Cc1ccccc1)C(=O)O. The molecule has 0 heterocycles. The van der Waals surface area contributed by atoms with Gasteiger partial charge in [0.2, 0.25) is 5.91 Å². The zero-order chi connectivity index (χ0) is 23.7. The fourth-order valence-corrected chi connectivity index (χ4v) is 3.51. The van der Waals surface area contributed by atoms with Gasteiger partial charge in [-0.05, 0) is 17.5 Å². The van der Waals surface area contributed by atoms with Crippen LogP contribution in [0, 0.1) is 0 Å². The second-order valence-corrected chi connectivity index (χ2v) is 7.52. The molecule has 9 heteroatoms. The summed E-state index contributed by atoms with van der Waals surface area (Å²) in [4.78, 5) is 49.6. The van der Waals surface area contributed by atoms with Crippen molar-refractivity contribution in [3.63, 3.8) is 0 Å². The molecule has 2 rings (SSSR count). The van der Waals surface area contributed by atoms with E-state index in [1.807, 2.05) is 0 Å². The van der Waals surface area contributed by atoms with E-state index in [9.17, 15) is 29.4 Å². The molecule has 0 aliphatic heterocycles. The largest absolute Gasteiger partial charge is 0.481 e. The number of hydrogen-bond acceptors (Lipinski definition) is 5. The predicted molar refractivity (Wildman–Crippen MR) is 115 cm³/mol. The molecule has 1 amide bonds. The van der Waals surface area contributed by atoms with Crippen molar-refractivity contribution < 1.29 is 34.5 Å². The lowest BCUT2D eigenvalue weighted by Gasteiger charge is -2.41. The van der Waals surface area contributed by atoms with Crippen molar-refractivity contribution in [3.8, 4) is 0 Å². The Kier molecular flexibility index (Phi) is 8.48. The summed E-state index contributed by atoms with van der Waals surface area (Å²) in [6.45, 7) is -0.202. The van der Waals surface area contributed by atoms with Crippen molar-refractivity contribution >= 4 is 23.8 Å². The maximum Gasteiger partial charge on any atom is 0.330 e. The number of carboxylic acid groups (broad SMARTS) is 3. The van der Waals surface area contributed by atoms with Crippen molar-refractivity contribution in [2.45, 2.75) is 43.8 Å². The number of amides is 1. The van der Waals surface area contributed by atoms with Gasteiger partial charge in [-0.2, -0.15) is 0 Å².